The molecule has 0 radical (unpaired) electrons. The minimum atomic E-state index is -0.568. The molecule has 1 saturated carbocycles. The highest BCUT2D eigenvalue weighted by molar-refractivity contribution is 6.47. The summed E-state index contributed by atoms with van der Waals surface area (Å²) in [5, 5.41) is 2.98. The second-order valence-electron chi connectivity index (χ2n) is 7.70. The van der Waals surface area contributed by atoms with Crippen molar-refractivity contribution in [1.29, 1.82) is 0 Å². The van der Waals surface area contributed by atoms with Crippen LogP contribution in [-0.4, -0.2) is 34.6 Å². The fourth-order valence-electron chi connectivity index (χ4n) is 4.18. The molecule has 1 aliphatic carbocycles. The van der Waals surface area contributed by atoms with Crippen LogP contribution in [0.3, 0.4) is 0 Å². The van der Waals surface area contributed by atoms with Gasteiger partial charge in [-0.3, -0.25) is 14.6 Å². The van der Waals surface area contributed by atoms with Crippen LogP contribution in [0, 0.1) is 13.8 Å². The number of hydrogen-bond donors (Lipinski definition) is 1. The Morgan fingerprint density at radius 2 is 1.79 bits per heavy atom. The summed E-state index contributed by atoms with van der Waals surface area (Å²) in [6.45, 7) is 4.02. The van der Waals surface area contributed by atoms with Crippen LogP contribution in [-0.2, 0) is 9.59 Å². The van der Waals surface area contributed by atoms with Crippen LogP contribution in [0.4, 0.5) is 5.69 Å². The second-order valence-corrected chi connectivity index (χ2v) is 7.70. The predicted octanol–water partition coefficient (Wildman–Crippen LogP) is 3.84. The van der Waals surface area contributed by atoms with E-state index < -0.39 is 5.66 Å². The van der Waals surface area contributed by atoms with E-state index in [-0.39, 0.29) is 18.4 Å². The number of aliphatic imine (C=N–C) groups is 1. The average molecular weight is 375 g/mol. The monoisotopic (exact) mass is 375 g/mol. The number of carbonyl (C=O) groups excluding carboxylic acids is 2. The fourth-order valence-corrected chi connectivity index (χ4v) is 4.18. The Bertz CT molecular complexity index is 944. The van der Waals surface area contributed by atoms with Gasteiger partial charge in [0.25, 0.3) is 5.91 Å². The van der Waals surface area contributed by atoms with E-state index in [1.807, 2.05) is 62.4 Å². The van der Waals surface area contributed by atoms with Crippen LogP contribution >= 0.6 is 0 Å². The third-order valence-corrected chi connectivity index (χ3v) is 5.90. The molecule has 2 aromatic rings. The van der Waals surface area contributed by atoms with Crippen molar-refractivity contribution >= 4 is 23.2 Å². The zero-order chi connectivity index (χ0) is 19.7. The Kier molecular flexibility index (Phi) is 4.75. The number of aryl methyl sites for hydroxylation is 1. The largest absolute Gasteiger partial charge is 0.324 e. The number of nitrogens with one attached hydrogen (secondary N) is 1. The molecule has 4 rings (SSSR count). The summed E-state index contributed by atoms with van der Waals surface area (Å²) in [4.78, 5) is 32.5. The molecule has 1 heterocycles. The van der Waals surface area contributed by atoms with Crippen LogP contribution in [0.25, 0.3) is 0 Å². The molecule has 2 aliphatic rings. The molecular weight excluding hydrogens is 350 g/mol. The molecule has 5 nitrogen and oxygen atoms in total. The second kappa shape index (κ2) is 7.23. The Balaban J connectivity index is 1.57. The van der Waals surface area contributed by atoms with Crippen LogP contribution in [0.15, 0.2) is 53.5 Å². The lowest BCUT2D eigenvalue weighted by Gasteiger charge is -2.32. The van der Waals surface area contributed by atoms with Crippen molar-refractivity contribution in [1.82, 2.24) is 4.90 Å². The fraction of sp³-hybridized carbons (Fsp3) is 0.348. The van der Waals surface area contributed by atoms with Gasteiger partial charge < -0.3 is 10.2 Å². The standard InChI is InChI=1S/C23H25N3O2/c1-16-9-8-12-19(17(16)2)24-20(27)15-26-22(28)21(18-10-4-3-5-11-18)25-23(26)13-6-7-14-23/h3-5,8-12H,6-7,13-15H2,1-2H3,(H,24,27). The highest BCUT2D eigenvalue weighted by Gasteiger charge is 2.49. The van der Waals surface area contributed by atoms with Crippen molar-refractivity contribution in [3.05, 3.63) is 65.2 Å². The minimum Gasteiger partial charge on any atom is -0.324 e. The van der Waals surface area contributed by atoms with Gasteiger partial charge in [0.2, 0.25) is 5.91 Å². The van der Waals surface area contributed by atoms with Gasteiger partial charge in [-0.2, -0.15) is 0 Å². The molecule has 0 saturated heterocycles. The highest BCUT2D eigenvalue weighted by Crippen LogP contribution is 2.41. The van der Waals surface area contributed by atoms with E-state index in [1.54, 1.807) is 4.90 Å². The number of rotatable bonds is 4. The minimum absolute atomic E-state index is 0.0199. The van der Waals surface area contributed by atoms with E-state index in [9.17, 15) is 9.59 Å². The van der Waals surface area contributed by atoms with Crippen LogP contribution in [0.2, 0.25) is 0 Å². The molecule has 0 bridgehead atoms. The van der Waals surface area contributed by atoms with Crippen LogP contribution in [0.5, 0.6) is 0 Å². The molecule has 144 valence electrons. The van der Waals surface area contributed by atoms with Crippen LogP contribution in [0.1, 0.15) is 42.4 Å². The number of benzene rings is 2. The van der Waals surface area contributed by atoms with Crippen LogP contribution < -0.4 is 5.32 Å². The molecule has 2 aromatic carbocycles. The molecule has 1 aliphatic heterocycles. The van der Waals surface area contributed by atoms with E-state index >= 15 is 0 Å². The predicted molar refractivity (Wildman–Crippen MR) is 110 cm³/mol. The molecule has 1 fully saturated rings. The number of nitrogens with zero attached hydrogens (tertiary/aromatic N) is 2. The molecule has 0 atom stereocenters. The number of anilines is 1. The maximum Gasteiger partial charge on any atom is 0.275 e. The first-order valence-corrected chi connectivity index (χ1v) is 9.83. The zero-order valence-electron chi connectivity index (χ0n) is 16.4. The molecule has 1 N–H and O–H groups in total. The van der Waals surface area contributed by atoms with Crippen molar-refractivity contribution in [2.24, 2.45) is 4.99 Å². The topological polar surface area (TPSA) is 61.8 Å². The molecule has 1 spiro atoms. The van der Waals surface area contributed by atoms with Crippen molar-refractivity contribution in [3.63, 3.8) is 0 Å². The molecule has 2 amide bonds. The van der Waals surface area contributed by atoms with E-state index in [0.29, 0.717) is 5.71 Å². The Morgan fingerprint density at radius 1 is 1.07 bits per heavy atom. The van der Waals surface area contributed by atoms with E-state index in [0.717, 1.165) is 48.1 Å². The lowest BCUT2D eigenvalue weighted by Crippen LogP contribution is -2.48. The van der Waals surface area contributed by atoms with Gasteiger partial charge in [-0.05, 0) is 56.7 Å². The average Bonchev–Trinajstić information content (AvgIpc) is 3.27. The summed E-state index contributed by atoms with van der Waals surface area (Å²) in [6.07, 6.45) is 3.67. The summed E-state index contributed by atoms with van der Waals surface area (Å²) in [5.41, 5.74) is 3.68. The van der Waals surface area contributed by atoms with Crippen molar-refractivity contribution in [3.8, 4) is 0 Å². The van der Waals surface area contributed by atoms with Gasteiger partial charge in [0.1, 0.15) is 17.9 Å². The third kappa shape index (κ3) is 3.21. The van der Waals surface area contributed by atoms with Gasteiger partial charge in [-0.1, -0.05) is 42.5 Å². The van der Waals surface area contributed by atoms with Gasteiger partial charge in [0.15, 0.2) is 0 Å². The first-order valence-electron chi connectivity index (χ1n) is 9.83. The highest BCUT2D eigenvalue weighted by atomic mass is 16.2. The number of carbonyl (C=O) groups is 2. The van der Waals surface area contributed by atoms with Gasteiger partial charge in [0, 0.05) is 11.3 Å². The van der Waals surface area contributed by atoms with Crippen molar-refractivity contribution in [2.45, 2.75) is 45.2 Å². The maximum absolute atomic E-state index is 13.2. The van der Waals surface area contributed by atoms with Gasteiger partial charge >= 0.3 is 0 Å². The first kappa shape index (κ1) is 18.4. The zero-order valence-corrected chi connectivity index (χ0v) is 16.4. The van der Waals surface area contributed by atoms with Gasteiger partial charge in [-0.25, -0.2) is 0 Å². The lowest BCUT2D eigenvalue weighted by molar-refractivity contribution is -0.132. The number of amides is 2. The maximum atomic E-state index is 13.2. The van der Waals surface area contributed by atoms with Gasteiger partial charge in [0.05, 0.1) is 0 Å². The normalized spacial score (nSPS) is 17.9. The van der Waals surface area contributed by atoms with Crippen molar-refractivity contribution in [2.75, 3.05) is 11.9 Å². The summed E-state index contributed by atoms with van der Waals surface area (Å²) in [5.74, 6) is -0.331. The Morgan fingerprint density at radius 3 is 2.50 bits per heavy atom. The molecular formula is C23H25N3O2. The molecule has 5 heteroatoms. The third-order valence-electron chi connectivity index (χ3n) is 5.90. The first-order chi connectivity index (χ1) is 13.5. The summed E-state index contributed by atoms with van der Waals surface area (Å²) in [7, 11) is 0. The molecule has 28 heavy (non-hydrogen) atoms. The van der Waals surface area contributed by atoms with Crippen molar-refractivity contribution < 1.29 is 9.59 Å². The van der Waals surface area contributed by atoms with E-state index in [2.05, 4.69) is 5.32 Å². The van der Waals surface area contributed by atoms with E-state index in [1.165, 1.54) is 0 Å². The molecule has 0 aromatic heterocycles. The number of hydrogen-bond acceptors (Lipinski definition) is 3. The summed E-state index contributed by atoms with van der Waals surface area (Å²) < 4.78 is 0. The summed E-state index contributed by atoms with van der Waals surface area (Å²) >= 11 is 0. The molecule has 0 unspecified atom stereocenters. The van der Waals surface area contributed by atoms with E-state index in [4.69, 9.17) is 4.99 Å². The Hall–Kier alpha value is -2.95. The van der Waals surface area contributed by atoms with Gasteiger partial charge in [-0.15, -0.1) is 0 Å². The smallest absolute Gasteiger partial charge is 0.275 e. The SMILES string of the molecule is Cc1cccc(NC(=O)CN2C(=O)C(c3ccccc3)=NC23CCCC3)c1C. The quantitative estimate of drug-likeness (QED) is 0.882. The Labute approximate surface area is 165 Å². The summed E-state index contributed by atoms with van der Waals surface area (Å²) in [6, 6.07) is 15.4. The lowest BCUT2D eigenvalue weighted by atomic mass is 10.1.